The smallest absolute Gasteiger partial charge is 0.323 e. The molecule has 1 spiro atoms. The molecule has 2 saturated heterocycles. The van der Waals surface area contributed by atoms with Gasteiger partial charge in [-0.1, -0.05) is 69.4 Å². The van der Waals surface area contributed by atoms with Crippen molar-refractivity contribution in [1.29, 1.82) is 0 Å². The summed E-state index contributed by atoms with van der Waals surface area (Å²) in [5.41, 5.74) is -0.238. The van der Waals surface area contributed by atoms with Crippen molar-refractivity contribution in [2.45, 2.75) is 103 Å². The van der Waals surface area contributed by atoms with Gasteiger partial charge >= 0.3 is 6.03 Å². The third-order valence-electron chi connectivity index (χ3n) is 7.07. The first-order chi connectivity index (χ1) is 14.6. The van der Waals surface area contributed by atoms with E-state index in [-0.39, 0.29) is 28.9 Å². The van der Waals surface area contributed by atoms with Crippen molar-refractivity contribution in [1.82, 2.24) is 15.5 Å². The van der Waals surface area contributed by atoms with E-state index in [4.69, 9.17) is 0 Å². The molecular formula is C26H41N3O2. The number of carbonyl (C=O) groups is 2. The zero-order valence-electron chi connectivity index (χ0n) is 20.1. The van der Waals surface area contributed by atoms with Crippen LogP contribution in [0.5, 0.6) is 0 Å². The number of carbonyl (C=O) groups excluding carboxylic acids is 2. The molecule has 2 unspecified atom stereocenters. The number of piperidine rings is 1. The first-order valence-electron chi connectivity index (χ1n) is 12.1. The summed E-state index contributed by atoms with van der Waals surface area (Å²) in [7, 11) is 0. The number of nitrogens with one attached hydrogen (secondary N) is 2. The van der Waals surface area contributed by atoms with Gasteiger partial charge < -0.3 is 10.6 Å². The summed E-state index contributed by atoms with van der Waals surface area (Å²) in [6.45, 7) is 11.3. The van der Waals surface area contributed by atoms with Crippen LogP contribution in [0.15, 0.2) is 30.3 Å². The standard InChI is InChI=1S/C26H41N3O2/c1-6-7-8-9-10-14-17-29-22(30)26(27-23(29)31)19-24(2,3)28-25(4,5)21(26)18-20-15-12-11-13-16-20/h11-13,15-16,21,28H,6-10,14,17-19H2,1-5H3,(H,27,31). The van der Waals surface area contributed by atoms with Gasteiger partial charge in [0.1, 0.15) is 5.54 Å². The van der Waals surface area contributed by atoms with Crippen LogP contribution in [0.3, 0.4) is 0 Å². The van der Waals surface area contributed by atoms with Crippen molar-refractivity contribution in [3.63, 3.8) is 0 Å². The molecule has 0 aromatic heterocycles. The Labute approximate surface area is 188 Å². The van der Waals surface area contributed by atoms with Crippen molar-refractivity contribution in [3.05, 3.63) is 35.9 Å². The summed E-state index contributed by atoms with van der Waals surface area (Å²) in [4.78, 5) is 28.4. The van der Waals surface area contributed by atoms with Crippen molar-refractivity contribution in [2.75, 3.05) is 6.54 Å². The van der Waals surface area contributed by atoms with Crippen LogP contribution in [-0.2, 0) is 11.2 Å². The number of benzene rings is 1. The highest BCUT2D eigenvalue weighted by atomic mass is 16.2. The monoisotopic (exact) mass is 427 g/mol. The lowest BCUT2D eigenvalue weighted by Crippen LogP contribution is -2.74. The lowest BCUT2D eigenvalue weighted by molar-refractivity contribution is -0.138. The maximum Gasteiger partial charge on any atom is 0.325 e. The molecule has 2 atom stereocenters. The van der Waals surface area contributed by atoms with Gasteiger partial charge in [-0.2, -0.15) is 0 Å². The van der Waals surface area contributed by atoms with Gasteiger partial charge in [-0.05, 0) is 52.5 Å². The van der Waals surface area contributed by atoms with Crippen molar-refractivity contribution in [2.24, 2.45) is 5.92 Å². The van der Waals surface area contributed by atoms with Crippen molar-refractivity contribution >= 4 is 11.9 Å². The zero-order chi connectivity index (χ0) is 22.7. The Morgan fingerprint density at radius 1 is 0.968 bits per heavy atom. The first kappa shape index (κ1) is 23.8. The Kier molecular flexibility index (Phi) is 7.14. The summed E-state index contributed by atoms with van der Waals surface area (Å²) in [5, 5.41) is 6.96. The third kappa shape index (κ3) is 5.14. The molecule has 0 bridgehead atoms. The van der Waals surface area contributed by atoms with E-state index in [2.05, 4.69) is 57.4 Å². The van der Waals surface area contributed by atoms with E-state index in [1.165, 1.54) is 36.1 Å². The Morgan fingerprint density at radius 2 is 1.61 bits per heavy atom. The van der Waals surface area contributed by atoms with Crippen LogP contribution in [-0.4, -0.2) is 40.0 Å². The topological polar surface area (TPSA) is 61.4 Å². The molecule has 5 heteroatoms. The SMILES string of the molecule is CCCCCCCCN1C(=O)NC2(CC(C)(C)NC(C)(C)C2Cc2ccccc2)C1=O. The van der Waals surface area contributed by atoms with Gasteiger partial charge in [0, 0.05) is 23.5 Å². The maximum absolute atomic E-state index is 13.8. The van der Waals surface area contributed by atoms with Crippen LogP contribution in [0, 0.1) is 5.92 Å². The van der Waals surface area contributed by atoms with Gasteiger partial charge in [-0.3, -0.25) is 9.69 Å². The summed E-state index contributed by atoms with van der Waals surface area (Å²) < 4.78 is 0. The molecule has 3 amide bonds. The molecule has 3 rings (SSSR count). The number of unbranched alkanes of at least 4 members (excludes halogenated alkanes) is 5. The van der Waals surface area contributed by atoms with Gasteiger partial charge in [-0.25, -0.2) is 4.79 Å². The highest BCUT2D eigenvalue weighted by molar-refractivity contribution is 6.07. The molecule has 2 aliphatic heterocycles. The van der Waals surface area contributed by atoms with Crippen molar-refractivity contribution in [3.8, 4) is 0 Å². The fraction of sp³-hybridized carbons (Fsp3) is 0.692. The van der Waals surface area contributed by atoms with Crippen LogP contribution in [0.25, 0.3) is 0 Å². The lowest BCUT2D eigenvalue weighted by Gasteiger charge is -2.56. The van der Waals surface area contributed by atoms with E-state index >= 15 is 0 Å². The summed E-state index contributed by atoms with van der Waals surface area (Å²) >= 11 is 0. The van der Waals surface area contributed by atoms with E-state index in [1.54, 1.807) is 0 Å². The fourth-order valence-electron chi connectivity index (χ4n) is 5.97. The highest BCUT2D eigenvalue weighted by Gasteiger charge is 2.63. The Morgan fingerprint density at radius 3 is 2.29 bits per heavy atom. The highest BCUT2D eigenvalue weighted by Crippen LogP contribution is 2.45. The Balaban J connectivity index is 1.82. The van der Waals surface area contributed by atoms with E-state index in [0.717, 1.165) is 19.3 Å². The predicted molar refractivity (Wildman–Crippen MR) is 126 cm³/mol. The number of imide groups is 1. The molecule has 2 fully saturated rings. The number of hydrogen-bond acceptors (Lipinski definition) is 3. The quantitative estimate of drug-likeness (QED) is 0.428. The number of nitrogens with zero attached hydrogens (tertiary/aromatic N) is 1. The van der Waals surface area contributed by atoms with E-state index in [0.29, 0.717) is 13.0 Å². The number of rotatable bonds is 9. The normalized spacial score (nSPS) is 27.0. The van der Waals surface area contributed by atoms with Gasteiger partial charge in [0.2, 0.25) is 0 Å². The average Bonchev–Trinajstić information content (AvgIpc) is 2.91. The van der Waals surface area contributed by atoms with Gasteiger partial charge in [0.25, 0.3) is 5.91 Å². The van der Waals surface area contributed by atoms with Gasteiger partial charge in [-0.15, -0.1) is 0 Å². The Hall–Kier alpha value is -1.88. The van der Waals surface area contributed by atoms with Crippen LogP contribution in [0.2, 0.25) is 0 Å². The minimum atomic E-state index is -0.868. The third-order valence-corrected chi connectivity index (χ3v) is 7.07. The summed E-state index contributed by atoms with van der Waals surface area (Å²) in [5.74, 6) is -0.0731. The second kappa shape index (κ2) is 9.32. The molecule has 172 valence electrons. The van der Waals surface area contributed by atoms with E-state index < -0.39 is 5.54 Å². The number of urea groups is 1. The molecule has 5 nitrogen and oxygen atoms in total. The van der Waals surface area contributed by atoms with Crippen LogP contribution in [0.1, 0.15) is 85.1 Å². The van der Waals surface area contributed by atoms with Crippen LogP contribution < -0.4 is 10.6 Å². The fourth-order valence-corrected chi connectivity index (χ4v) is 5.97. The molecule has 0 saturated carbocycles. The number of amides is 3. The molecular weight excluding hydrogens is 386 g/mol. The summed E-state index contributed by atoms with van der Waals surface area (Å²) in [6.07, 6.45) is 8.16. The largest absolute Gasteiger partial charge is 0.325 e. The van der Waals surface area contributed by atoms with E-state index in [1.807, 2.05) is 18.2 Å². The molecule has 0 aliphatic carbocycles. The van der Waals surface area contributed by atoms with Crippen molar-refractivity contribution < 1.29 is 9.59 Å². The van der Waals surface area contributed by atoms with Gasteiger partial charge in [0.05, 0.1) is 0 Å². The zero-order valence-corrected chi connectivity index (χ0v) is 20.1. The molecule has 2 N–H and O–H groups in total. The molecule has 31 heavy (non-hydrogen) atoms. The predicted octanol–water partition coefficient (Wildman–Crippen LogP) is 5.05. The maximum atomic E-state index is 13.8. The molecule has 2 aliphatic rings. The minimum Gasteiger partial charge on any atom is -0.323 e. The second-order valence-electron chi connectivity index (χ2n) is 10.8. The Bertz CT molecular complexity index is 774. The number of hydrogen-bond donors (Lipinski definition) is 2. The first-order valence-corrected chi connectivity index (χ1v) is 12.1. The molecule has 2 heterocycles. The van der Waals surface area contributed by atoms with Crippen LogP contribution in [0.4, 0.5) is 4.79 Å². The van der Waals surface area contributed by atoms with Crippen LogP contribution >= 0.6 is 0 Å². The van der Waals surface area contributed by atoms with Gasteiger partial charge in [0.15, 0.2) is 0 Å². The average molecular weight is 428 g/mol. The van der Waals surface area contributed by atoms with E-state index in [9.17, 15) is 9.59 Å². The molecule has 1 aromatic carbocycles. The second-order valence-corrected chi connectivity index (χ2v) is 10.8. The molecule has 0 radical (unpaired) electrons. The lowest BCUT2D eigenvalue weighted by atomic mass is 9.61. The minimum absolute atomic E-state index is 0.0327. The molecule has 1 aromatic rings. The summed E-state index contributed by atoms with van der Waals surface area (Å²) in [6, 6.07) is 10.1.